The summed E-state index contributed by atoms with van der Waals surface area (Å²) in [6, 6.07) is 0. The van der Waals surface area contributed by atoms with Crippen molar-refractivity contribution in [3.8, 4) is 0 Å². The van der Waals surface area contributed by atoms with Crippen LogP contribution in [-0.2, 0) is 9.59 Å². The van der Waals surface area contributed by atoms with Crippen molar-refractivity contribution in [1.29, 1.82) is 0 Å². The molecule has 0 aromatic heterocycles. The first kappa shape index (κ1) is 10.3. The number of hydrogen-bond donors (Lipinski definition) is 1. The lowest BCUT2D eigenvalue weighted by Crippen LogP contribution is -2.40. The van der Waals surface area contributed by atoms with Crippen molar-refractivity contribution in [2.75, 3.05) is 0 Å². The number of rotatable bonds is 2. The van der Waals surface area contributed by atoms with E-state index in [4.69, 9.17) is 11.6 Å². The maximum absolute atomic E-state index is 11.3. The van der Waals surface area contributed by atoms with E-state index in [0.717, 1.165) is 5.57 Å². The van der Waals surface area contributed by atoms with Gasteiger partial charge in [-0.05, 0) is 19.8 Å². The molecule has 4 heteroatoms. The zero-order valence-electron chi connectivity index (χ0n) is 7.47. The number of carbonyl (C=O) groups is 2. The number of hydrogen-bond acceptors (Lipinski definition) is 2. The van der Waals surface area contributed by atoms with Crippen LogP contribution in [0.4, 0.5) is 0 Å². The van der Waals surface area contributed by atoms with E-state index in [2.05, 4.69) is 5.32 Å². The molecule has 1 saturated heterocycles. The molecule has 72 valence electrons. The minimum Gasteiger partial charge on any atom is -0.296 e. The van der Waals surface area contributed by atoms with Gasteiger partial charge in [0.25, 0.3) is 0 Å². The topological polar surface area (TPSA) is 46.2 Å². The number of halogens is 1. The molecule has 0 aliphatic carbocycles. The van der Waals surface area contributed by atoms with Gasteiger partial charge in [-0.15, -0.1) is 0 Å². The normalized spacial score (nSPS) is 24.5. The molecule has 13 heavy (non-hydrogen) atoms. The minimum absolute atomic E-state index is 0.0901. The standard InChI is InChI=1S/C9H12ClNO2/c1-6(5-10)4-7-2-3-8(12)11-9(7)13/h5,7H,2-4H2,1H3,(H,11,12,13). The summed E-state index contributed by atoms with van der Waals surface area (Å²) in [7, 11) is 0. The van der Waals surface area contributed by atoms with Crippen LogP contribution < -0.4 is 5.32 Å². The molecular formula is C9H12ClNO2. The summed E-state index contributed by atoms with van der Waals surface area (Å²) in [4.78, 5) is 22.1. The summed E-state index contributed by atoms with van der Waals surface area (Å²) in [6.07, 6.45) is 1.71. The Morgan fingerprint density at radius 2 is 2.38 bits per heavy atom. The highest BCUT2D eigenvalue weighted by atomic mass is 35.5. The largest absolute Gasteiger partial charge is 0.296 e. The van der Waals surface area contributed by atoms with E-state index in [1.807, 2.05) is 6.92 Å². The lowest BCUT2D eigenvalue weighted by molar-refractivity contribution is -0.136. The molecule has 0 saturated carbocycles. The van der Waals surface area contributed by atoms with Gasteiger partial charge in [0.2, 0.25) is 11.8 Å². The molecule has 3 nitrogen and oxygen atoms in total. The first-order chi connectivity index (χ1) is 6.13. The van der Waals surface area contributed by atoms with Crippen molar-refractivity contribution in [2.24, 2.45) is 5.92 Å². The van der Waals surface area contributed by atoms with Crippen LogP contribution in [0, 0.1) is 5.92 Å². The smallest absolute Gasteiger partial charge is 0.229 e. The van der Waals surface area contributed by atoms with Gasteiger partial charge in [-0.3, -0.25) is 14.9 Å². The van der Waals surface area contributed by atoms with Crippen molar-refractivity contribution in [2.45, 2.75) is 26.2 Å². The summed E-state index contributed by atoms with van der Waals surface area (Å²) < 4.78 is 0. The number of piperidine rings is 1. The van der Waals surface area contributed by atoms with Gasteiger partial charge >= 0.3 is 0 Å². The molecule has 2 amide bonds. The SMILES string of the molecule is CC(=CCl)CC1CCC(=O)NC1=O. The number of carbonyl (C=O) groups excluding carboxylic acids is 2. The van der Waals surface area contributed by atoms with E-state index in [1.54, 1.807) is 0 Å². The summed E-state index contributed by atoms with van der Waals surface area (Å²) >= 11 is 5.49. The monoisotopic (exact) mass is 201 g/mol. The molecule has 0 aromatic rings. The van der Waals surface area contributed by atoms with Gasteiger partial charge in [-0.25, -0.2) is 0 Å². The highest BCUT2D eigenvalue weighted by molar-refractivity contribution is 6.25. The van der Waals surface area contributed by atoms with Gasteiger partial charge in [-0.2, -0.15) is 0 Å². The summed E-state index contributed by atoms with van der Waals surface area (Å²) in [5.41, 5.74) is 2.44. The molecule has 1 aliphatic heterocycles. The molecule has 1 heterocycles. The Morgan fingerprint density at radius 3 is 2.92 bits per heavy atom. The molecule has 1 atom stereocenters. The molecule has 1 unspecified atom stereocenters. The number of allylic oxidation sites excluding steroid dienone is 1. The first-order valence-electron chi connectivity index (χ1n) is 4.23. The van der Waals surface area contributed by atoms with Crippen LogP contribution in [0.2, 0.25) is 0 Å². The zero-order chi connectivity index (χ0) is 9.84. The fraction of sp³-hybridized carbons (Fsp3) is 0.556. The van der Waals surface area contributed by atoms with Crippen molar-refractivity contribution >= 4 is 23.4 Å². The Bertz CT molecular complexity index is 260. The van der Waals surface area contributed by atoms with Gasteiger partial charge in [0.15, 0.2) is 0 Å². The van der Waals surface area contributed by atoms with Gasteiger partial charge in [0.05, 0.1) is 0 Å². The Hall–Kier alpha value is -0.830. The lowest BCUT2D eigenvalue weighted by atomic mass is 9.92. The van der Waals surface area contributed by atoms with Gasteiger partial charge in [0.1, 0.15) is 0 Å². The van der Waals surface area contributed by atoms with Crippen LogP contribution in [0.1, 0.15) is 26.2 Å². The Balaban J connectivity index is 2.52. The maximum atomic E-state index is 11.3. The van der Waals surface area contributed by atoms with E-state index in [-0.39, 0.29) is 17.7 Å². The van der Waals surface area contributed by atoms with E-state index in [1.165, 1.54) is 5.54 Å². The second-order valence-electron chi connectivity index (χ2n) is 3.31. The van der Waals surface area contributed by atoms with Crippen molar-refractivity contribution in [3.63, 3.8) is 0 Å². The highest BCUT2D eigenvalue weighted by Gasteiger charge is 2.26. The highest BCUT2D eigenvalue weighted by Crippen LogP contribution is 2.20. The number of imide groups is 1. The average Bonchev–Trinajstić information content (AvgIpc) is 2.09. The third-order valence-electron chi connectivity index (χ3n) is 2.11. The fourth-order valence-electron chi connectivity index (χ4n) is 1.37. The zero-order valence-corrected chi connectivity index (χ0v) is 8.23. The van der Waals surface area contributed by atoms with E-state index in [0.29, 0.717) is 19.3 Å². The average molecular weight is 202 g/mol. The molecular weight excluding hydrogens is 190 g/mol. The van der Waals surface area contributed by atoms with Crippen LogP contribution in [0.25, 0.3) is 0 Å². The Morgan fingerprint density at radius 1 is 1.69 bits per heavy atom. The lowest BCUT2D eigenvalue weighted by Gasteiger charge is -2.20. The maximum Gasteiger partial charge on any atom is 0.229 e. The number of amides is 2. The summed E-state index contributed by atoms with van der Waals surface area (Å²) in [6.45, 7) is 1.87. The quantitative estimate of drug-likeness (QED) is 0.690. The summed E-state index contributed by atoms with van der Waals surface area (Å²) in [5.74, 6) is -0.435. The predicted octanol–water partition coefficient (Wildman–Crippen LogP) is 1.57. The molecule has 1 rings (SSSR count). The van der Waals surface area contributed by atoms with Crippen LogP contribution in [0.5, 0.6) is 0 Å². The number of nitrogens with one attached hydrogen (secondary N) is 1. The van der Waals surface area contributed by atoms with E-state index < -0.39 is 0 Å². The molecule has 0 radical (unpaired) electrons. The van der Waals surface area contributed by atoms with Crippen molar-refractivity contribution < 1.29 is 9.59 Å². The van der Waals surface area contributed by atoms with Crippen LogP contribution in [0.3, 0.4) is 0 Å². The van der Waals surface area contributed by atoms with Gasteiger partial charge < -0.3 is 0 Å². The van der Waals surface area contributed by atoms with Crippen LogP contribution in [-0.4, -0.2) is 11.8 Å². The van der Waals surface area contributed by atoms with Gasteiger partial charge in [-0.1, -0.05) is 17.2 Å². The minimum atomic E-state index is -0.172. The summed E-state index contributed by atoms with van der Waals surface area (Å²) in [5, 5.41) is 2.31. The molecule has 0 bridgehead atoms. The fourth-order valence-corrected chi connectivity index (χ4v) is 1.46. The second kappa shape index (κ2) is 4.42. The second-order valence-corrected chi connectivity index (χ2v) is 3.53. The first-order valence-corrected chi connectivity index (χ1v) is 4.66. The molecule has 0 spiro atoms. The molecule has 1 fully saturated rings. The molecule has 1 aliphatic rings. The molecule has 0 aromatic carbocycles. The van der Waals surface area contributed by atoms with Crippen molar-refractivity contribution in [3.05, 3.63) is 11.1 Å². The third kappa shape index (κ3) is 2.84. The predicted molar refractivity (Wildman–Crippen MR) is 50.1 cm³/mol. The van der Waals surface area contributed by atoms with Gasteiger partial charge in [0, 0.05) is 17.9 Å². The van der Waals surface area contributed by atoms with Crippen LogP contribution in [0.15, 0.2) is 11.1 Å². The Labute approximate surface area is 82.1 Å². The van der Waals surface area contributed by atoms with E-state index >= 15 is 0 Å². The van der Waals surface area contributed by atoms with Crippen LogP contribution >= 0.6 is 11.6 Å². The third-order valence-corrected chi connectivity index (χ3v) is 2.48. The Kier molecular flexibility index (Phi) is 3.48. The van der Waals surface area contributed by atoms with Crippen molar-refractivity contribution in [1.82, 2.24) is 5.32 Å². The molecule has 1 N–H and O–H groups in total. The van der Waals surface area contributed by atoms with E-state index in [9.17, 15) is 9.59 Å².